The Morgan fingerprint density at radius 2 is 1.73 bits per heavy atom. The molecule has 2 aromatic carbocycles. The summed E-state index contributed by atoms with van der Waals surface area (Å²) in [5.41, 5.74) is 4.11. The second kappa shape index (κ2) is 8.79. The summed E-state index contributed by atoms with van der Waals surface area (Å²) in [4.78, 5) is 12.5. The lowest BCUT2D eigenvalue weighted by Gasteiger charge is -2.18. The van der Waals surface area contributed by atoms with Crippen LogP contribution < -0.4 is 5.32 Å². The van der Waals surface area contributed by atoms with Gasteiger partial charge in [-0.2, -0.15) is 11.3 Å². The molecule has 2 N–H and O–H groups in total. The molecule has 0 saturated heterocycles. The van der Waals surface area contributed by atoms with Gasteiger partial charge in [-0.25, -0.2) is 0 Å². The predicted molar refractivity (Wildman–Crippen MR) is 107 cm³/mol. The normalized spacial score (nSPS) is 13.2. The summed E-state index contributed by atoms with van der Waals surface area (Å²) in [7, 11) is 0. The van der Waals surface area contributed by atoms with Crippen molar-refractivity contribution in [3.05, 3.63) is 82.6 Å². The van der Waals surface area contributed by atoms with Gasteiger partial charge < -0.3 is 10.4 Å². The van der Waals surface area contributed by atoms with E-state index < -0.39 is 6.10 Å². The molecule has 0 fully saturated rings. The van der Waals surface area contributed by atoms with Crippen LogP contribution in [-0.4, -0.2) is 17.6 Å². The van der Waals surface area contributed by atoms with Crippen molar-refractivity contribution in [1.29, 1.82) is 0 Å². The fraction of sp³-hybridized carbons (Fsp3) is 0.227. The standard InChI is InChI=1S/C22H23NO2S/c1-2-20(17-6-4-3-5-7-17)22(25)23-14-21(24)18-10-8-16(9-11-18)19-12-13-26-15-19/h3-13,15,20-21,24H,2,14H2,1H3,(H,23,25)/t20-,21+/m1/s1. The molecule has 26 heavy (non-hydrogen) atoms. The third kappa shape index (κ3) is 4.40. The molecule has 1 aromatic heterocycles. The van der Waals surface area contributed by atoms with Crippen LogP contribution >= 0.6 is 11.3 Å². The van der Waals surface area contributed by atoms with Crippen LogP contribution in [0.2, 0.25) is 0 Å². The molecule has 3 nitrogen and oxygen atoms in total. The molecule has 3 aromatic rings. The molecule has 1 heterocycles. The molecular weight excluding hydrogens is 342 g/mol. The first-order valence-corrected chi connectivity index (χ1v) is 9.76. The van der Waals surface area contributed by atoms with Crippen molar-refractivity contribution in [1.82, 2.24) is 5.32 Å². The van der Waals surface area contributed by atoms with E-state index in [1.54, 1.807) is 11.3 Å². The van der Waals surface area contributed by atoms with Gasteiger partial charge in [0.25, 0.3) is 0 Å². The highest BCUT2D eigenvalue weighted by Crippen LogP contribution is 2.24. The maximum absolute atomic E-state index is 12.5. The number of amides is 1. The van der Waals surface area contributed by atoms with Gasteiger partial charge in [0.15, 0.2) is 0 Å². The lowest BCUT2D eigenvalue weighted by molar-refractivity contribution is -0.123. The molecule has 0 aliphatic carbocycles. The molecule has 0 aliphatic heterocycles. The average molecular weight is 365 g/mol. The summed E-state index contributed by atoms with van der Waals surface area (Å²) < 4.78 is 0. The summed E-state index contributed by atoms with van der Waals surface area (Å²) >= 11 is 1.66. The monoisotopic (exact) mass is 365 g/mol. The molecular formula is C22H23NO2S. The number of aliphatic hydroxyl groups excluding tert-OH is 1. The number of carbonyl (C=O) groups excluding carboxylic acids is 1. The van der Waals surface area contributed by atoms with Crippen molar-refractivity contribution in [2.24, 2.45) is 0 Å². The lowest BCUT2D eigenvalue weighted by Crippen LogP contribution is -2.32. The van der Waals surface area contributed by atoms with Gasteiger partial charge in [-0.15, -0.1) is 0 Å². The van der Waals surface area contributed by atoms with Gasteiger partial charge in [-0.3, -0.25) is 4.79 Å². The summed E-state index contributed by atoms with van der Waals surface area (Å²) in [6.45, 7) is 2.21. The molecule has 2 atom stereocenters. The number of hydrogen-bond donors (Lipinski definition) is 2. The quantitative estimate of drug-likeness (QED) is 0.634. The highest BCUT2D eigenvalue weighted by molar-refractivity contribution is 7.08. The molecule has 134 valence electrons. The maximum atomic E-state index is 12.5. The van der Waals surface area contributed by atoms with Crippen molar-refractivity contribution in [3.63, 3.8) is 0 Å². The van der Waals surface area contributed by atoms with Gasteiger partial charge in [-0.1, -0.05) is 61.5 Å². The lowest BCUT2D eigenvalue weighted by atomic mass is 9.95. The van der Waals surface area contributed by atoms with Gasteiger partial charge in [0.2, 0.25) is 5.91 Å². The fourth-order valence-corrected chi connectivity index (χ4v) is 3.69. The molecule has 3 rings (SSSR count). The molecule has 4 heteroatoms. The van der Waals surface area contributed by atoms with E-state index >= 15 is 0 Å². The van der Waals surface area contributed by atoms with Crippen molar-refractivity contribution in [2.45, 2.75) is 25.4 Å². The smallest absolute Gasteiger partial charge is 0.227 e. The molecule has 0 radical (unpaired) electrons. The SMILES string of the molecule is CC[C@@H](C(=O)NC[C@H](O)c1ccc(-c2ccsc2)cc1)c1ccccc1. The van der Waals surface area contributed by atoms with Crippen molar-refractivity contribution in [2.75, 3.05) is 6.54 Å². The number of rotatable bonds is 7. The number of carbonyl (C=O) groups is 1. The van der Waals surface area contributed by atoms with E-state index in [4.69, 9.17) is 0 Å². The van der Waals surface area contributed by atoms with Crippen LogP contribution in [0.25, 0.3) is 11.1 Å². The van der Waals surface area contributed by atoms with E-state index in [1.165, 1.54) is 5.56 Å². The van der Waals surface area contributed by atoms with Crippen LogP contribution in [0, 0.1) is 0 Å². The van der Waals surface area contributed by atoms with E-state index in [9.17, 15) is 9.90 Å². The highest BCUT2D eigenvalue weighted by Gasteiger charge is 2.19. The topological polar surface area (TPSA) is 49.3 Å². The minimum Gasteiger partial charge on any atom is -0.387 e. The Bertz CT molecular complexity index is 813. The molecule has 0 aliphatic rings. The van der Waals surface area contributed by atoms with Crippen LogP contribution in [0.4, 0.5) is 0 Å². The summed E-state index contributed by atoms with van der Waals surface area (Å²) in [6.07, 6.45) is 0.00475. The van der Waals surface area contributed by atoms with Crippen molar-refractivity contribution >= 4 is 17.2 Å². The highest BCUT2D eigenvalue weighted by atomic mass is 32.1. The number of nitrogens with one attached hydrogen (secondary N) is 1. The average Bonchev–Trinajstić information content (AvgIpc) is 3.22. The Hall–Kier alpha value is -2.43. The Morgan fingerprint density at radius 1 is 1.00 bits per heavy atom. The predicted octanol–water partition coefficient (Wildman–Crippen LogP) is 4.76. The second-order valence-corrected chi connectivity index (χ2v) is 7.05. The maximum Gasteiger partial charge on any atom is 0.227 e. The van der Waals surface area contributed by atoms with E-state index in [-0.39, 0.29) is 18.4 Å². The van der Waals surface area contributed by atoms with Gasteiger partial charge in [0.05, 0.1) is 12.0 Å². The Kier molecular flexibility index (Phi) is 6.21. The molecule has 1 amide bonds. The zero-order valence-corrected chi connectivity index (χ0v) is 15.6. The van der Waals surface area contributed by atoms with E-state index in [2.05, 4.69) is 16.8 Å². The Balaban J connectivity index is 1.59. The molecule has 0 unspecified atom stereocenters. The van der Waals surface area contributed by atoms with Gasteiger partial charge in [-0.05, 0) is 45.5 Å². The van der Waals surface area contributed by atoms with Crippen molar-refractivity contribution < 1.29 is 9.90 Å². The van der Waals surface area contributed by atoms with Crippen LogP contribution in [-0.2, 0) is 4.79 Å². The Morgan fingerprint density at radius 3 is 2.35 bits per heavy atom. The summed E-state index contributed by atoms with van der Waals surface area (Å²) in [5, 5.41) is 17.4. The van der Waals surface area contributed by atoms with E-state index in [0.717, 1.165) is 23.1 Å². The first-order valence-electron chi connectivity index (χ1n) is 8.82. The Labute approximate surface area is 158 Å². The minimum atomic E-state index is -0.719. The van der Waals surface area contributed by atoms with E-state index in [1.807, 2.05) is 66.9 Å². The zero-order chi connectivity index (χ0) is 18.4. The van der Waals surface area contributed by atoms with Gasteiger partial charge in [0.1, 0.15) is 0 Å². The number of hydrogen-bond acceptors (Lipinski definition) is 3. The second-order valence-electron chi connectivity index (χ2n) is 6.27. The van der Waals surface area contributed by atoms with Crippen LogP contribution in [0.1, 0.15) is 36.5 Å². The van der Waals surface area contributed by atoms with Crippen LogP contribution in [0.3, 0.4) is 0 Å². The van der Waals surface area contributed by atoms with Gasteiger partial charge >= 0.3 is 0 Å². The van der Waals surface area contributed by atoms with Crippen LogP contribution in [0.15, 0.2) is 71.4 Å². The zero-order valence-electron chi connectivity index (χ0n) is 14.8. The van der Waals surface area contributed by atoms with Crippen LogP contribution in [0.5, 0.6) is 0 Å². The third-order valence-corrected chi connectivity index (χ3v) is 5.23. The minimum absolute atomic E-state index is 0.0485. The van der Waals surface area contributed by atoms with Gasteiger partial charge in [0, 0.05) is 6.54 Å². The van der Waals surface area contributed by atoms with E-state index in [0.29, 0.717) is 0 Å². The summed E-state index contributed by atoms with van der Waals surface area (Å²) in [5.74, 6) is -0.239. The molecule has 0 saturated carbocycles. The number of aliphatic hydroxyl groups is 1. The first-order chi connectivity index (χ1) is 12.7. The third-order valence-electron chi connectivity index (χ3n) is 4.55. The fourth-order valence-electron chi connectivity index (χ4n) is 3.02. The summed E-state index contributed by atoms with van der Waals surface area (Å²) in [6, 6.07) is 19.7. The largest absolute Gasteiger partial charge is 0.387 e. The number of thiophene rings is 1. The first kappa shape index (κ1) is 18.4. The number of benzene rings is 2. The van der Waals surface area contributed by atoms with Crippen molar-refractivity contribution in [3.8, 4) is 11.1 Å². The molecule has 0 bridgehead atoms. The molecule has 0 spiro atoms.